The summed E-state index contributed by atoms with van der Waals surface area (Å²) in [7, 11) is 0. The van der Waals surface area contributed by atoms with Crippen LogP contribution in [0.3, 0.4) is 0 Å². The van der Waals surface area contributed by atoms with Crippen molar-refractivity contribution in [1.82, 2.24) is 0 Å². The highest BCUT2D eigenvalue weighted by Crippen LogP contribution is 2.41. The van der Waals surface area contributed by atoms with E-state index in [9.17, 15) is 0 Å². The Morgan fingerprint density at radius 2 is 1.57 bits per heavy atom. The van der Waals surface area contributed by atoms with E-state index in [0.29, 0.717) is 19.8 Å². The van der Waals surface area contributed by atoms with Crippen LogP contribution in [0.2, 0.25) is 0 Å². The summed E-state index contributed by atoms with van der Waals surface area (Å²) in [5.74, 6) is 0.847. The van der Waals surface area contributed by atoms with Gasteiger partial charge in [-0.05, 0) is 77.0 Å². The number of ether oxygens (including phenoxy) is 5. The first kappa shape index (κ1) is 29.6. The molecule has 37 heavy (non-hydrogen) atoms. The van der Waals surface area contributed by atoms with Gasteiger partial charge in [-0.1, -0.05) is 62.4 Å². The van der Waals surface area contributed by atoms with E-state index < -0.39 is 5.60 Å². The molecule has 3 unspecified atom stereocenters. The molecule has 1 fully saturated rings. The Hall–Kier alpha value is -1.92. The maximum atomic E-state index is 6.87. The summed E-state index contributed by atoms with van der Waals surface area (Å²) >= 11 is 0. The molecule has 0 radical (unpaired) electrons. The van der Waals surface area contributed by atoms with Crippen LogP contribution in [0.4, 0.5) is 0 Å². The Bertz CT molecular complexity index is 909. The number of benzene rings is 2. The maximum Gasteiger partial charge on any atom is 0.155 e. The minimum Gasteiger partial charge on any atom is -0.491 e. The van der Waals surface area contributed by atoms with Gasteiger partial charge >= 0.3 is 0 Å². The van der Waals surface area contributed by atoms with Crippen LogP contribution in [0, 0.1) is 5.41 Å². The lowest BCUT2D eigenvalue weighted by Crippen LogP contribution is -2.48. The molecule has 0 spiro atoms. The van der Waals surface area contributed by atoms with E-state index in [1.165, 1.54) is 5.56 Å². The van der Waals surface area contributed by atoms with Gasteiger partial charge in [0.1, 0.15) is 12.4 Å². The number of para-hydroxylation sites is 1. The number of hydrogen-bond donors (Lipinski definition) is 0. The molecule has 2 aromatic rings. The minimum absolute atomic E-state index is 0.0799. The lowest BCUT2D eigenvalue weighted by atomic mass is 9.73. The second-order valence-corrected chi connectivity index (χ2v) is 12.0. The third-order valence-electron chi connectivity index (χ3n) is 7.57. The second-order valence-electron chi connectivity index (χ2n) is 12.0. The molecular weight excluding hydrogens is 464 g/mol. The van der Waals surface area contributed by atoms with Crippen molar-refractivity contribution < 1.29 is 23.7 Å². The summed E-state index contributed by atoms with van der Waals surface area (Å²) in [4.78, 5) is 0. The molecule has 0 saturated carbocycles. The van der Waals surface area contributed by atoms with Crippen LogP contribution in [0.1, 0.15) is 73.3 Å². The zero-order valence-corrected chi connectivity index (χ0v) is 24.0. The van der Waals surface area contributed by atoms with Crippen molar-refractivity contribution in [3.8, 4) is 5.75 Å². The molecule has 0 amide bonds. The van der Waals surface area contributed by atoms with Crippen molar-refractivity contribution in [3.05, 3.63) is 66.2 Å². The monoisotopic (exact) mass is 512 g/mol. The summed E-state index contributed by atoms with van der Waals surface area (Å²) < 4.78 is 31.0. The predicted molar refractivity (Wildman–Crippen MR) is 149 cm³/mol. The van der Waals surface area contributed by atoms with Gasteiger partial charge in [-0.15, -0.1) is 0 Å². The third-order valence-corrected chi connectivity index (χ3v) is 7.57. The van der Waals surface area contributed by atoms with E-state index >= 15 is 0 Å². The van der Waals surface area contributed by atoms with E-state index in [1.54, 1.807) is 0 Å². The number of aryl methyl sites for hydroxylation is 1. The highest BCUT2D eigenvalue weighted by atomic mass is 16.7. The minimum atomic E-state index is -0.420. The van der Waals surface area contributed by atoms with Crippen LogP contribution in [0.25, 0.3) is 0 Å². The lowest BCUT2D eigenvalue weighted by molar-refractivity contribution is -0.173. The molecule has 3 atom stereocenters. The lowest BCUT2D eigenvalue weighted by Gasteiger charge is -2.45. The van der Waals surface area contributed by atoms with Crippen LogP contribution < -0.4 is 4.74 Å². The van der Waals surface area contributed by atoms with E-state index in [-0.39, 0.29) is 29.5 Å². The SMILES string of the molecule is CC1OCC(CC(C)(C)C(C)(C)OC(COc2ccccc2)CC(C)(C)OCCCc2ccccc2)O1. The van der Waals surface area contributed by atoms with Gasteiger partial charge in [0.25, 0.3) is 0 Å². The molecule has 3 rings (SSSR count). The molecule has 1 aliphatic heterocycles. The van der Waals surface area contributed by atoms with Crippen LogP contribution in [0.15, 0.2) is 60.7 Å². The molecule has 1 aliphatic rings. The molecule has 0 N–H and O–H groups in total. The number of hydrogen-bond acceptors (Lipinski definition) is 5. The fraction of sp³-hybridized carbons (Fsp3) is 0.625. The van der Waals surface area contributed by atoms with Crippen molar-refractivity contribution in [1.29, 1.82) is 0 Å². The molecule has 0 aromatic heterocycles. The van der Waals surface area contributed by atoms with Gasteiger partial charge in [0.15, 0.2) is 6.29 Å². The first-order valence-electron chi connectivity index (χ1n) is 13.8. The summed E-state index contributed by atoms with van der Waals surface area (Å²) in [6.45, 7) is 16.9. The van der Waals surface area contributed by atoms with E-state index in [4.69, 9.17) is 23.7 Å². The Balaban J connectivity index is 1.61. The second kappa shape index (κ2) is 13.2. The molecule has 0 aliphatic carbocycles. The van der Waals surface area contributed by atoms with Gasteiger partial charge in [0.2, 0.25) is 0 Å². The van der Waals surface area contributed by atoms with E-state index in [0.717, 1.165) is 31.4 Å². The normalized spacial score (nSPS) is 19.6. The summed E-state index contributed by atoms with van der Waals surface area (Å²) in [6, 6.07) is 20.5. The fourth-order valence-corrected chi connectivity index (χ4v) is 4.81. The Morgan fingerprint density at radius 3 is 2.19 bits per heavy atom. The third kappa shape index (κ3) is 9.72. The van der Waals surface area contributed by atoms with Crippen molar-refractivity contribution >= 4 is 0 Å². The van der Waals surface area contributed by atoms with Gasteiger partial charge in [-0.2, -0.15) is 0 Å². The van der Waals surface area contributed by atoms with Crippen LogP contribution in [-0.2, 0) is 25.4 Å². The average Bonchev–Trinajstić information content (AvgIpc) is 3.25. The van der Waals surface area contributed by atoms with Gasteiger partial charge < -0.3 is 23.7 Å². The average molecular weight is 513 g/mol. The summed E-state index contributed by atoms with van der Waals surface area (Å²) in [6.07, 6.45) is 3.38. The fourth-order valence-electron chi connectivity index (χ4n) is 4.81. The van der Waals surface area contributed by atoms with Gasteiger partial charge in [0.05, 0.1) is 30.0 Å². The molecule has 206 valence electrons. The molecular formula is C32H48O5. The summed E-state index contributed by atoms with van der Waals surface area (Å²) in [5.41, 5.74) is 0.434. The highest BCUT2D eigenvalue weighted by molar-refractivity contribution is 5.21. The van der Waals surface area contributed by atoms with Crippen molar-refractivity contribution in [2.24, 2.45) is 5.41 Å². The van der Waals surface area contributed by atoms with Gasteiger partial charge in [0, 0.05) is 13.0 Å². The molecule has 5 nitrogen and oxygen atoms in total. The van der Waals surface area contributed by atoms with E-state index in [1.807, 2.05) is 37.3 Å². The van der Waals surface area contributed by atoms with Crippen LogP contribution in [0.5, 0.6) is 5.75 Å². The quantitative estimate of drug-likeness (QED) is 0.236. The first-order valence-corrected chi connectivity index (χ1v) is 13.8. The highest BCUT2D eigenvalue weighted by Gasteiger charge is 2.43. The van der Waals surface area contributed by atoms with E-state index in [2.05, 4.69) is 71.9 Å². The Morgan fingerprint density at radius 1 is 0.919 bits per heavy atom. The first-order chi connectivity index (χ1) is 17.5. The summed E-state index contributed by atoms with van der Waals surface area (Å²) in [5, 5.41) is 0. The topological polar surface area (TPSA) is 46.2 Å². The zero-order valence-electron chi connectivity index (χ0n) is 24.0. The zero-order chi connectivity index (χ0) is 26.9. The predicted octanol–water partition coefficient (Wildman–Crippen LogP) is 7.23. The number of rotatable bonds is 15. The Labute approximate surface area is 224 Å². The largest absolute Gasteiger partial charge is 0.491 e. The smallest absolute Gasteiger partial charge is 0.155 e. The molecule has 2 aromatic carbocycles. The van der Waals surface area contributed by atoms with Crippen LogP contribution >= 0.6 is 0 Å². The standard InChI is InChI=1S/C32H48O5/c1-25-33-23-28(36-25)21-30(2,3)32(6,7)37-29(24-34-27-18-12-9-13-19-27)22-31(4,5)35-20-14-17-26-15-10-8-11-16-26/h8-13,15-16,18-19,25,28-29H,14,17,20-24H2,1-7H3. The molecule has 0 bridgehead atoms. The van der Waals surface area contributed by atoms with Crippen LogP contribution in [-0.4, -0.2) is 49.5 Å². The Kier molecular flexibility index (Phi) is 10.6. The molecule has 5 heteroatoms. The maximum absolute atomic E-state index is 6.87. The van der Waals surface area contributed by atoms with Crippen molar-refractivity contribution in [3.63, 3.8) is 0 Å². The van der Waals surface area contributed by atoms with Gasteiger partial charge in [-0.3, -0.25) is 0 Å². The van der Waals surface area contributed by atoms with Crippen molar-refractivity contribution in [2.75, 3.05) is 19.8 Å². The molecule has 1 saturated heterocycles. The van der Waals surface area contributed by atoms with Crippen molar-refractivity contribution in [2.45, 2.75) is 104 Å². The van der Waals surface area contributed by atoms with Gasteiger partial charge in [-0.25, -0.2) is 0 Å². The molecule has 1 heterocycles.